The molecule has 2 rings (SSSR count). The second kappa shape index (κ2) is 3.67. The third kappa shape index (κ3) is 2.22. The lowest BCUT2D eigenvalue weighted by Gasteiger charge is -2.31. The average Bonchev–Trinajstić information content (AvgIpc) is 3.00. The van der Waals surface area contributed by atoms with Gasteiger partial charge >= 0.3 is 0 Å². The van der Waals surface area contributed by atoms with Crippen molar-refractivity contribution in [3.05, 3.63) is 0 Å². The second-order valence-electron chi connectivity index (χ2n) is 4.58. The summed E-state index contributed by atoms with van der Waals surface area (Å²) in [6.45, 7) is 1.08. The Morgan fingerprint density at radius 1 is 1.23 bits per heavy atom. The predicted octanol–water partition coefficient (Wildman–Crippen LogP) is 2.21. The van der Waals surface area contributed by atoms with Gasteiger partial charge in [-0.15, -0.1) is 0 Å². The van der Waals surface area contributed by atoms with E-state index in [1.54, 1.807) is 0 Å². The van der Waals surface area contributed by atoms with Crippen molar-refractivity contribution < 1.29 is 0 Å². The van der Waals surface area contributed by atoms with Gasteiger partial charge in [-0.3, -0.25) is 5.32 Å². The Labute approximate surface area is 80.3 Å². The molecule has 0 aliphatic heterocycles. The molecule has 2 fully saturated rings. The zero-order valence-corrected chi connectivity index (χ0v) is 8.18. The molecule has 2 nitrogen and oxygen atoms in total. The van der Waals surface area contributed by atoms with Gasteiger partial charge in [0, 0.05) is 0 Å². The van der Waals surface area contributed by atoms with Crippen LogP contribution in [0.5, 0.6) is 0 Å². The van der Waals surface area contributed by atoms with Crippen LogP contribution in [0.25, 0.3) is 0 Å². The van der Waals surface area contributed by atoms with E-state index in [0.29, 0.717) is 0 Å². The largest absolute Gasteiger partial charge is 0.299 e. The van der Waals surface area contributed by atoms with Gasteiger partial charge in [0.1, 0.15) is 5.54 Å². The summed E-state index contributed by atoms with van der Waals surface area (Å²) < 4.78 is 0. The molecule has 2 saturated carbocycles. The summed E-state index contributed by atoms with van der Waals surface area (Å²) in [4.78, 5) is 0. The van der Waals surface area contributed by atoms with Gasteiger partial charge in [0.05, 0.1) is 6.07 Å². The Kier molecular flexibility index (Phi) is 2.55. The molecule has 2 aliphatic carbocycles. The third-order valence-electron chi connectivity index (χ3n) is 3.35. The quantitative estimate of drug-likeness (QED) is 0.719. The fourth-order valence-corrected chi connectivity index (χ4v) is 2.15. The monoisotopic (exact) mass is 178 g/mol. The highest BCUT2D eigenvalue weighted by Crippen LogP contribution is 2.31. The first-order valence-electron chi connectivity index (χ1n) is 5.51. The second-order valence-corrected chi connectivity index (χ2v) is 4.58. The molecule has 0 spiro atoms. The van der Waals surface area contributed by atoms with Crippen molar-refractivity contribution in [1.29, 1.82) is 5.26 Å². The number of rotatable bonds is 3. The van der Waals surface area contributed by atoms with E-state index in [4.69, 9.17) is 5.26 Å². The average molecular weight is 178 g/mol. The SMILES string of the molecule is N#CC1(NCC2CC2)CCCCC1. The third-order valence-corrected chi connectivity index (χ3v) is 3.35. The topological polar surface area (TPSA) is 35.8 Å². The molecule has 0 amide bonds. The van der Waals surface area contributed by atoms with Crippen molar-refractivity contribution in [1.82, 2.24) is 5.32 Å². The maximum atomic E-state index is 9.16. The van der Waals surface area contributed by atoms with Gasteiger partial charge in [-0.2, -0.15) is 5.26 Å². The van der Waals surface area contributed by atoms with E-state index in [1.165, 1.54) is 32.1 Å². The molecule has 2 heteroatoms. The zero-order valence-electron chi connectivity index (χ0n) is 8.18. The molecular weight excluding hydrogens is 160 g/mol. The van der Waals surface area contributed by atoms with Crippen LogP contribution in [-0.2, 0) is 0 Å². The highest BCUT2D eigenvalue weighted by Gasteiger charge is 2.33. The lowest BCUT2D eigenvalue weighted by atomic mass is 9.83. The van der Waals surface area contributed by atoms with Crippen LogP contribution >= 0.6 is 0 Å². The molecule has 0 heterocycles. The van der Waals surface area contributed by atoms with Crippen LogP contribution in [0.1, 0.15) is 44.9 Å². The van der Waals surface area contributed by atoms with Crippen LogP contribution in [-0.4, -0.2) is 12.1 Å². The maximum Gasteiger partial charge on any atom is 0.106 e. The first kappa shape index (κ1) is 9.02. The molecule has 0 aromatic rings. The molecule has 13 heavy (non-hydrogen) atoms. The molecule has 72 valence electrons. The number of hydrogen-bond acceptors (Lipinski definition) is 2. The number of nitrogens with one attached hydrogen (secondary N) is 1. The molecule has 0 aromatic heterocycles. The van der Waals surface area contributed by atoms with Crippen molar-refractivity contribution in [2.45, 2.75) is 50.5 Å². The van der Waals surface area contributed by atoms with Gasteiger partial charge in [0.2, 0.25) is 0 Å². The van der Waals surface area contributed by atoms with Crippen LogP contribution in [0, 0.1) is 17.2 Å². The molecule has 0 radical (unpaired) electrons. The Morgan fingerprint density at radius 3 is 2.46 bits per heavy atom. The first-order chi connectivity index (χ1) is 6.35. The zero-order chi connectivity index (χ0) is 9.15. The van der Waals surface area contributed by atoms with Gasteiger partial charge in [-0.25, -0.2) is 0 Å². The summed E-state index contributed by atoms with van der Waals surface area (Å²) in [5.41, 5.74) is -0.152. The van der Waals surface area contributed by atoms with E-state index < -0.39 is 0 Å². The van der Waals surface area contributed by atoms with Gasteiger partial charge in [-0.05, 0) is 38.1 Å². The summed E-state index contributed by atoms with van der Waals surface area (Å²) in [6.07, 6.45) is 8.64. The summed E-state index contributed by atoms with van der Waals surface area (Å²) in [5, 5.41) is 12.6. The normalized spacial score (nSPS) is 26.7. The van der Waals surface area contributed by atoms with Gasteiger partial charge in [-0.1, -0.05) is 19.3 Å². The van der Waals surface area contributed by atoms with Crippen molar-refractivity contribution >= 4 is 0 Å². The van der Waals surface area contributed by atoms with Crippen molar-refractivity contribution in [2.75, 3.05) is 6.54 Å². The highest BCUT2D eigenvalue weighted by atomic mass is 15.0. The van der Waals surface area contributed by atoms with E-state index >= 15 is 0 Å². The van der Waals surface area contributed by atoms with E-state index in [0.717, 1.165) is 25.3 Å². The lowest BCUT2D eigenvalue weighted by molar-refractivity contribution is 0.294. The van der Waals surface area contributed by atoms with E-state index in [2.05, 4.69) is 11.4 Å². The molecule has 0 aromatic carbocycles. The Hall–Kier alpha value is -0.550. The molecule has 1 N–H and O–H groups in total. The maximum absolute atomic E-state index is 9.16. The predicted molar refractivity (Wildman–Crippen MR) is 52.2 cm³/mol. The summed E-state index contributed by atoms with van der Waals surface area (Å²) in [5.74, 6) is 0.882. The van der Waals surface area contributed by atoms with E-state index in [9.17, 15) is 0 Å². The minimum atomic E-state index is -0.152. The van der Waals surface area contributed by atoms with Crippen molar-refractivity contribution in [3.8, 4) is 6.07 Å². The smallest absolute Gasteiger partial charge is 0.106 e. The first-order valence-corrected chi connectivity index (χ1v) is 5.51. The van der Waals surface area contributed by atoms with Gasteiger partial charge < -0.3 is 0 Å². The minimum Gasteiger partial charge on any atom is -0.299 e. The number of nitriles is 1. The Balaban J connectivity index is 1.85. The van der Waals surface area contributed by atoms with Crippen LogP contribution in [0.3, 0.4) is 0 Å². The standard InChI is InChI=1S/C11H18N2/c12-9-11(6-2-1-3-7-11)13-8-10-4-5-10/h10,13H,1-8H2. The highest BCUT2D eigenvalue weighted by molar-refractivity contribution is 5.08. The van der Waals surface area contributed by atoms with Gasteiger partial charge in [0.15, 0.2) is 0 Å². The number of hydrogen-bond donors (Lipinski definition) is 1. The minimum absolute atomic E-state index is 0.152. The fraction of sp³-hybridized carbons (Fsp3) is 0.909. The molecule has 0 saturated heterocycles. The van der Waals surface area contributed by atoms with E-state index in [1.807, 2.05) is 0 Å². The lowest BCUT2D eigenvalue weighted by Crippen LogP contribution is -2.46. The number of nitrogens with zero attached hydrogens (tertiary/aromatic N) is 1. The fourth-order valence-electron chi connectivity index (χ4n) is 2.15. The van der Waals surface area contributed by atoms with Crippen molar-refractivity contribution in [3.63, 3.8) is 0 Å². The van der Waals surface area contributed by atoms with Crippen LogP contribution in [0.4, 0.5) is 0 Å². The van der Waals surface area contributed by atoms with Crippen LogP contribution in [0.2, 0.25) is 0 Å². The Morgan fingerprint density at radius 2 is 1.92 bits per heavy atom. The van der Waals surface area contributed by atoms with Gasteiger partial charge in [0.25, 0.3) is 0 Å². The van der Waals surface area contributed by atoms with Crippen LogP contribution in [0.15, 0.2) is 0 Å². The molecule has 2 aliphatic rings. The van der Waals surface area contributed by atoms with E-state index in [-0.39, 0.29) is 5.54 Å². The van der Waals surface area contributed by atoms with Crippen LogP contribution < -0.4 is 5.32 Å². The molecular formula is C11H18N2. The Bertz CT molecular complexity index is 207. The molecule has 0 atom stereocenters. The summed E-state index contributed by atoms with van der Waals surface area (Å²) in [6, 6.07) is 2.49. The summed E-state index contributed by atoms with van der Waals surface area (Å²) in [7, 11) is 0. The summed E-state index contributed by atoms with van der Waals surface area (Å²) >= 11 is 0. The molecule has 0 bridgehead atoms. The van der Waals surface area contributed by atoms with Crippen molar-refractivity contribution in [2.24, 2.45) is 5.92 Å². The molecule has 0 unspecified atom stereocenters.